The molecule has 0 radical (unpaired) electrons. The molecular formula is C10H21N3O. The van der Waals surface area contributed by atoms with Crippen LogP contribution >= 0.6 is 0 Å². The number of amides is 1. The van der Waals surface area contributed by atoms with Gasteiger partial charge < -0.3 is 16.0 Å². The fourth-order valence-electron chi connectivity index (χ4n) is 1.77. The van der Waals surface area contributed by atoms with Gasteiger partial charge in [0.1, 0.15) is 0 Å². The number of nitrogens with zero attached hydrogens (tertiary/aromatic N) is 1. The number of hydrogen-bond acceptors (Lipinski definition) is 3. The zero-order chi connectivity index (χ0) is 10.6. The summed E-state index contributed by atoms with van der Waals surface area (Å²) in [6.45, 7) is 0.944. The van der Waals surface area contributed by atoms with Crippen molar-refractivity contribution < 1.29 is 4.79 Å². The third-order valence-electron chi connectivity index (χ3n) is 3.16. The predicted octanol–water partition coefficient (Wildman–Crippen LogP) is -0.0659. The van der Waals surface area contributed by atoms with Crippen LogP contribution in [0, 0.1) is 0 Å². The minimum absolute atomic E-state index is 0.183. The van der Waals surface area contributed by atoms with Gasteiger partial charge in [0.05, 0.1) is 6.04 Å². The van der Waals surface area contributed by atoms with E-state index < -0.39 is 0 Å². The summed E-state index contributed by atoms with van der Waals surface area (Å²) in [7, 11) is 3.90. The number of hydrogen-bond donors (Lipinski definition) is 2. The maximum Gasteiger partial charge on any atom is 0.234 e. The van der Waals surface area contributed by atoms with Crippen molar-refractivity contribution in [2.24, 2.45) is 5.73 Å². The van der Waals surface area contributed by atoms with Crippen LogP contribution in [0.25, 0.3) is 0 Å². The fraction of sp³-hybridized carbons (Fsp3) is 0.900. The number of likely N-dealkylation sites (N-methyl/N-ethyl adjacent to an activating group) is 1. The molecule has 0 aliphatic heterocycles. The molecule has 1 fully saturated rings. The second kappa shape index (κ2) is 5.32. The van der Waals surface area contributed by atoms with Gasteiger partial charge in [-0.3, -0.25) is 4.79 Å². The Morgan fingerprint density at radius 3 is 2.64 bits per heavy atom. The molecule has 4 heteroatoms. The van der Waals surface area contributed by atoms with E-state index in [0.29, 0.717) is 0 Å². The van der Waals surface area contributed by atoms with Gasteiger partial charge in [-0.15, -0.1) is 0 Å². The number of nitrogens with two attached hydrogens (primary N) is 1. The van der Waals surface area contributed by atoms with Crippen LogP contribution < -0.4 is 11.1 Å². The molecule has 0 saturated heterocycles. The highest BCUT2D eigenvalue weighted by Gasteiger charge is 2.22. The van der Waals surface area contributed by atoms with Gasteiger partial charge >= 0.3 is 0 Å². The van der Waals surface area contributed by atoms with Gasteiger partial charge in [-0.2, -0.15) is 0 Å². The lowest BCUT2D eigenvalue weighted by molar-refractivity contribution is -0.120. The van der Waals surface area contributed by atoms with Crippen LogP contribution in [0.4, 0.5) is 0 Å². The average Bonchev–Trinajstić information content (AvgIpc) is 2.01. The van der Waals surface area contributed by atoms with Crippen LogP contribution in [0.2, 0.25) is 0 Å². The van der Waals surface area contributed by atoms with Crippen LogP contribution in [0.5, 0.6) is 0 Å². The normalized spacial score (nSPS) is 19.4. The Kier molecular flexibility index (Phi) is 4.35. The van der Waals surface area contributed by atoms with E-state index in [2.05, 4.69) is 17.3 Å². The Morgan fingerprint density at radius 2 is 2.29 bits per heavy atom. The lowest BCUT2D eigenvalue weighted by Crippen LogP contribution is -2.44. The molecule has 1 rings (SSSR count). The number of carbonyl (C=O) groups excluding carboxylic acids is 1. The van der Waals surface area contributed by atoms with Crippen molar-refractivity contribution in [1.82, 2.24) is 10.2 Å². The molecule has 0 spiro atoms. The van der Waals surface area contributed by atoms with Crippen molar-refractivity contribution in [3.63, 3.8) is 0 Å². The van der Waals surface area contributed by atoms with Gasteiger partial charge in [-0.05, 0) is 33.4 Å². The predicted molar refractivity (Wildman–Crippen MR) is 56.9 cm³/mol. The molecule has 3 N–H and O–H groups in total. The molecule has 1 aliphatic rings. The second-order valence-corrected chi connectivity index (χ2v) is 4.10. The smallest absolute Gasteiger partial charge is 0.234 e. The molecule has 0 aromatic rings. The Bertz CT molecular complexity index is 192. The highest BCUT2D eigenvalue weighted by atomic mass is 16.1. The third kappa shape index (κ3) is 2.96. The molecule has 4 nitrogen and oxygen atoms in total. The maximum atomic E-state index is 10.9. The molecule has 1 unspecified atom stereocenters. The fourth-order valence-corrected chi connectivity index (χ4v) is 1.77. The summed E-state index contributed by atoms with van der Waals surface area (Å²) in [5.74, 6) is -0.255. The van der Waals surface area contributed by atoms with Crippen LogP contribution in [0.15, 0.2) is 0 Å². The first kappa shape index (κ1) is 11.5. The lowest BCUT2D eigenvalue weighted by atomic mass is 9.91. The highest BCUT2D eigenvalue weighted by Crippen LogP contribution is 2.23. The zero-order valence-electron chi connectivity index (χ0n) is 9.12. The standard InChI is InChI=1S/C10H21N3O/c1-12-9(10(11)14)6-7-13(2)8-4-3-5-8/h8-9,12H,3-7H2,1-2H3,(H2,11,14). The minimum Gasteiger partial charge on any atom is -0.368 e. The number of carbonyl (C=O) groups is 1. The first-order valence-electron chi connectivity index (χ1n) is 5.32. The van der Waals surface area contributed by atoms with Crippen molar-refractivity contribution in [3.8, 4) is 0 Å². The Balaban J connectivity index is 2.20. The van der Waals surface area contributed by atoms with Crippen molar-refractivity contribution in [3.05, 3.63) is 0 Å². The van der Waals surface area contributed by atoms with Crippen molar-refractivity contribution >= 4 is 5.91 Å². The largest absolute Gasteiger partial charge is 0.368 e. The van der Waals surface area contributed by atoms with Crippen molar-refractivity contribution in [2.45, 2.75) is 37.8 Å². The molecule has 0 aromatic heterocycles. The summed E-state index contributed by atoms with van der Waals surface area (Å²) in [5.41, 5.74) is 5.24. The molecule has 14 heavy (non-hydrogen) atoms. The van der Waals surface area contributed by atoms with Gasteiger partial charge in [-0.25, -0.2) is 0 Å². The average molecular weight is 199 g/mol. The van der Waals surface area contributed by atoms with Crippen molar-refractivity contribution in [1.29, 1.82) is 0 Å². The summed E-state index contributed by atoms with van der Waals surface area (Å²) in [5, 5.41) is 2.93. The Labute approximate surface area is 85.8 Å². The molecule has 0 aromatic carbocycles. The Morgan fingerprint density at radius 1 is 1.64 bits per heavy atom. The summed E-state index contributed by atoms with van der Waals surface area (Å²) in [6.07, 6.45) is 4.76. The van der Waals surface area contributed by atoms with Gasteiger partial charge in [-0.1, -0.05) is 6.42 Å². The summed E-state index contributed by atoms with van der Waals surface area (Å²) in [6, 6.07) is 0.554. The first-order chi connectivity index (χ1) is 6.65. The van der Waals surface area contributed by atoms with E-state index in [4.69, 9.17) is 5.73 Å². The molecule has 1 atom stereocenters. The van der Waals surface area contributed by atoms with E-state index in [0.717, 1.165) is 19.0 Å². The third-order valence-corrected chi connectivity index (χ3v) is 3.16. The second-order valence-electron chi connectivity index (χ2n) is 4.10. The van der Waals surface area contributed by atoms with Gasteiger partial charge in [0.25, 0.3) is 0 Å². The summed E-state index contributed by atoms with van der Waals surface area (Å²) in [4.78, 5) is 13.3. The monoisotopic (exact) mass is 199 g/mol. The van der Waals surface area contributed by atoms with Gasteiger partial charge in [0.2, 0.25) is 5.91 Å². The molecule has 0 bridgehead atoms. The maximum absolute atomic E-state index is 10.9. The van der Waals surface area contributed by atoms with Crippen LogP contribution in [0.3, 0.4) is 0 Å². The molecule has 0 heterocycles. The van der Waals surface area contributed by atoms with Gasteiger partial charge in [0, 0.05) is 12.6 Å². The van der Waals surface area contributed by atoms with E-state index in [1.807, 2.05) is 0 Å². The van der Waals surface area contributed by atoms with Crippen LogP contribution in [0.1, 0.15) is 25.7 Å². The number of primary amides is 1. The molecule has 1 saturated carbocycles. The van der Waals surface area contributed by atoms with E-state index >= 15 is 0 Å². The quantitative estimate of drug-likeness (QED) is 0.630. The van der Waals surface area contributed by atoms with E-state index in [1.165, 1.54) is 19.3 Å². The van der Waals surface area contributed by atoms with Crippen LogP contribution in [-0.4, -0.2) is 43.5 Å². The number of nitrogens with one attached hydrogen (secondary N) is 1. The number of rotatable bonds is 6. The summed E-state index contributed by atoms with van der Waals surface area (Å²) >= 11 is 0. The minimum atomic E-state index is -0.255. The van der Waals surface area contributed by atoms with Crippen LogP contribution in [-0.2, 0) is 4.79 Å². The van der Waals surface area contributed by atoms with E-state index in [-0.39, 0.29) is 11.9 Å². The molecule has 1 aliphatic carbocycles. The first-order valence-corrected chi connectivity index (χ1v) is 5.32. The molecular weight excluding hydrogens is 178 g/mol. The Hall–Kier alpha value is -0.610. The summed E-state index contributed by atoms with van der Waals surface area (Å²) < 4.78 is 0. The lowest BCUT2D eigenvalue weighted by Gasteiger charge is -2.35. The topological polar surface area (TPSA) is 58.4 Å². The molecule has 1 amide bonds. The molecule has 82 valence electrons. The SMILES string of the molecule is CNC(CCN(C)C1CCC1)C(N)=O. The zero-order valence-corrected chi connectivity index (χ0v) is 9.12. The van der Waals surface area contributed by atoms with E-state index in [1.54, 1.807) is 7.05 Å². The van der Waals surface area contributed by atoms with E-state index in [9.17, 15) is 4.79 Å². The van der Waals surface area contributed by atoms with Gasteiger partial charge in [0.15, 0.2) is 0 Å². The van der Waals surface area contributed by atoms with Crippen molar-refractivity contribution in [2.75, 3.05) is 20.6 Å². The highest BCUT2D eigenvalue weighted by molar-refractivity contribution is 5.79.